The van der Waals surface area contributed by atoms with E-state index >= 15 is 0 Å². The summed E-state index contributed by atoms with van der Waals surface area (Å²) in [4.78, 5) is 31.6. The highest BCUT2D eigenvalue weighted by Crippen LogP contribution is 2.32. The Hall–Kier alpha value is -2.38. The number of ether oxygens (including phenoxy) is 1. The predicted molar refractivity (Wildman–Crippen MR) is 124 cm³/mol. The quantitative estimate of drug-likeness (QED) is 0.779. The molecule has 7 heteroatoms. The van der Waals surface area contributed by atoms with Crippen LogP contribution in [0.5, 0.6) is 0 Å². The van der Waals surface area contributed by atoms with Crippen LogP contribution in [0.2, 0.25) is 0 Å². The van der Waals surface area contributed by atoms with Crippen LogP contribution in [0.4, 0.5) is 0 Å². The molecule has 172 valence electrons. The Balaban J connectivity index is 1.45. The van der Waals surface area contributed by atoms with Crippen LogP contribution in [0.3, 0.4) is 0 Å². The standard InChI is InChI=1S/C25H34N4O3/c1-25(24(31)26-20-8-3-2-4-9-20)18-28-21-10-6-5-7-19(21)17-22(28)23(30)29(25)12-11-27-13-15-32-16-14-27/h5-7,10,17,20H,2-4,8-9,11-16,18H2,1H3,(H,26,31)/t25-/m0/s1. The number of carbonyl (C=O) groups is 2. The van der Waals surface area contributed by atoms with Crippen LogP contribution in [-0.4, -0.2) is 77.2 Å². The van der Waals surface area contributed by atoms with Crippen LogP contribution < -0.4 is 5.32 Å². The number of para-hydroxylation sites is 1. The molecule has 7 nitrogen and oxygen atoms in total. The van der Waals surface area contributed by atoms with E-state index in [0.29, 0.717) is 18.8 Å². The first-order chi connectivity index (χ1) is 15.6. The number of benzene rings is 1. The maximum Gasteiger partial charge on any atom is 0.271 e. The van der Waals surface area contributed by atoms with Crippen LogP contribution in [-0.2, 0) is 16.1 Å². The summed E-state index contributed by atoms with van der Waals surface area (Å²) in [6.45, 7) is 6.89. The Labute approximate surface area is 189 Å². The van der Waals surface area contributed by atoms with Crippen molar-refractivity contribution in [3.05, 3.63) is 36.0 Å². The minimum Gasteiger partial charge on any atom is -0.379 e. The van der Waals surface area contributed by atoms with Gasteiger partial charge in [0.2, 0.25) is 5.91 Å². The summed E-state index contributed by atoms with van der Waals surface area (Å²) >= 11 is 0. The highest BCUT2D eigenvalue weighted by Gasteiger charge is 2.48. The number of aromatic nitrogens is 1. The molecule has 5 rings (SSSR count). The molecule has 2 aromatic rings. The molecular weight excluding hydrogens is 404 g/mol. The second kappa shape index (κ2) is 8.87. The predicted octanol–water partition coefficient (Wildman–Crippen LogP) is 2.64. The SMILES string of the molecule is C[C@@]1(C(=O)NC2CCCCC2)Cn2c(cc3ccccc32)C(=O)N1CCN1CCOCC1. The Kier molecular flexibility index (Phi) is 5.95. The molecule has 1 N–H and O–H groups in total. The lowest BCUT2D eigenvalue weighted by Crippen LogP contribution is -2.66. The van der Waals surface area contributed by atoms with Crippen molar-refractivity contribution in [2.75, 3.05) is 39.4 Å². The largest absolute Gasteiger partial charge is 0.379 e. The first-order valence-electron chi connectivity index (χ1n) is 12.1. The van der Waals surface area contributed by atoms with Gasteiger partial charge in [0.05, 0.1) is 19.8 Å². The van der Waals surface area contributed by atoms with Gasteiger partial charge in [-0.1, -0.05) is 37.5 Å². The summed E-state index contributed by atoms with van der Waals surface area (Å²) < 4.78 is 7.51. The van der Waals surface area contributed by atoms with Crippen molar-refractivity contribution in [1.82, 2.24) is 19.7 Å². The van der Waals surface area contributed by atoms with Crippen molar-refractivity contribution >= 4 is 22.7 Å². The van der Waals surface area contributed by atoms with Crippen molar-refractivity contribution in [3.63, 3.8) is 0 Å². The molecule has 0 spiro atoms. The Morgan fingerprint density at radius 2 is 1.88 bits per heavy atom. The van der Waals surface area contributed by atoms with Gasteiger partial charge in [-0.25, -0.2) is 0 Å². The van der Waals surface area contributed by atoms with E-state index in [2.05, 4.69) is 10.2 Å². The molecule has 2 fully saturated rings. The van der Waals surface area contributed by atoms with E-state index in [9.17, 15) is 9.59 Å². The van der Waals surface area contributed by atoms with Crippen molar-refractivity contribution < 1.29 is 14.3 Å². The molecule has 0 unspecified atom stereocenters. The fraction of sp³-hybridized carbons (Fsp3) is 0.600. The van der Waals surface area contributed by atoms with Gasteiger partial charge in [-0.3, -0.25) is 14.5 Å². The van der Waals surface area contributed by atoms with E-state index in [0.717, 1.165) is 69.4 Å². The van der Waals surface area contributed by atoms with Gasteiger partial charge >= 0.3 is 0 Å². The molecule has 2 aliphatic heterocycles. The van der Waals surface area contributed by atoms with Crippen molar-refractivity contribution in [3.8, 4) is 0 Å². The fourth-order valence-electron chi connectivity index (χ4n) is 5.51. The topological polar surface area (TPSA) is 66.8 Å². The Morgan fingerprint density at radius 1 is 1.12 bits per heavy atom. The van der Waals surface area contributed by atoms with Crippen LogP contribution in [0, 0.1) is 0 Å². The van der Waals surface area contributed by atoms with E-state index in [4.69, 9.17) is 4.74 Å². The Bertz CT molecular complexity index is 990. The molecular formula is C25H34N4O3. The maximum absolute atomic E-state index is 13.8. The third kappa shape index (κ3) is 3.92. The normalized spacial score (nSPS) is 25.2. The lowest BCUT2D eigenvalue weighted by atomic mass is 9.91. The molecule has 0 bridgehead atoms. The smallest absolute Gasteiger partial charge is 0.271 e. The lowest BCUT2D eigenvalue weighted by Gasteiger charge is -2.45. The maximum atomic E-state index is 13.8. The number of rotatable bonds is 5. The van der Waals surface area contributed by atoms with E-state index < -0.39 is 5.54 Å². The summed E-state index contributed by atoms with van der Waals surface area (Å²) in [5.74, 6) is -0.0786. The first kappa shape index (κ1) is 21.5. The van der Waals surface area contributed by atoms with E-state index in [-0.39, 0.29) is 17.9 Å². The fourth-order valence-corrected chi connectivity index (χ4v) is 5.51. The number of fused-ring (bicyclic) bond motifs is 3. The number of nitrogens with zero attached hydrogens (tertiary/aromatic N) is 3. The lowest BCUT2D eigenvalue weighted by molar-refractivity contribution is -0.134. The van der Waals surface area contributed by atoms with Crippen molar-refractivity contribution in [2.24, 2.45) is 0 Å². The van der Waals surface area contributed by atoms with E-state index in [1.807, 2.05) is 46.7 Å². The average Bonchev–Trinajstić information content (AvgIpc) is 3.19. The zero-order valence-electron chi connectivity index (χ0n) is 19.0. The number of morpholine rings is 1. The number of nitrogens with one attached hydrogen (secondary N) is 1. The third-order valence-corrected chi connectivity index (χ3v) is 7.51. The molecule has 1 saturated carbocycles. The van der Waals surface area contributed by atoms with Gasteiger partial charge in [-0.15, -0.1) is 0 Å². The molecule has 3 aliphatic rings. The average molecular weight is 439 g/mol. The Morgan fingerprint density at radius 3 is 2.66 bits per heavy atom. The summed E-state index contributed by atoms with van der Waals surface area (Å²) in [5.41, 5.74) is 0.770. The van der Waals surface area contributed by atoms with Crippen LogP contribution >= 0.6 is 0 Å². The van der Waals surface area contributed by atoms with Gasteiger partial charge in [-0.2, -0.15) is 0 Å². The van der Waals surface area contributed by atoms with E-state index in [1.54, 1.807) is 0 Å². The van der Waals surface area contributed by atoms with Gasteiger partial charge in [0, 0.05) is 43.1 Å². The van der Waals surface area contributed by atoms with Gasteiger partial charge in [-0.05, 0) is 31.9 Å². The second-order valence-electron chi connectivity index (χ2n) is 9.67. The minimum absolute atomic E-state index is 0.0249. The minimum atomic E-state index is -0.921. The van der Waals surface area contributed by atoms with Gasteiger partial charge in [0.15, 0.2) is 0 Å². The second-order valence-corrected chi connectivity index (χ2v) is 9.67. The zero-order chi connectivity index (χ0) is 22.1. The summed E-state index contributed by atoms with van der Waals surface area (Å²) in [5, 5.41) is 4.35. The molecule has 0 radical (unpaired) electrons. The number of amides is 2. The third-order valence-electron chi connectivity index (χ3n) is 7.51. The first-order valence-corrected chi connectivity index (χ1v) is 12.1. The number of hydrogen-bond acceptors (Lipinski definition) is 4. The molecule has 1 atom stereocenters. The molecule has 1 saturated heterocycles. The summed E-state index contributed by atoms with van der Waals surface area (Å²) in [7, 11) is 0. The van der Waals surface area contributed by atoms with Gasteiger partial charge in [0.25, 0.3) is 5.91 Å². The monoisotopic (exact) mass is 438 g/mol. The summed E-state index contributed by atoms with van der Waals surface area (Å²) in [6, 6.07) is 10.2. The van der Waals surface area contributed by atoms with Crippen LogP contribution in [0.25, 0.3) is 10.9 Å². The molecule has 1 aliphatic carbocycles. The molecule has 1 aromatic carbocycles. The highest BCUT2D eigenvalue weighted by atomic mass is 16.5. The molecule has 1 aromatic heterocycles. The van der Waals surface area contributed by atoms with E-state index in [1.165, 1.54) is 6.42 Å². The highest BCUT2D eigenvalue weighted by molar-refractivity contribution is 6.03. The summed E-state index contributed by atoms with van der Waals surface area (Å²) in [6.07, 6.45) is 5.62. The number of carbonyl (C=O) groups excluding carboxylic acids is 2. The zero-order valence-corrected chi connectivity index (χ0v) is 19.0. The van der Waals surface area contributed by atoms with Gasteiger partial charge < -0.3 is 19.5 Å². The van der Waals surface area contributed by atoms with Crippen molar-refractivity contribution in [2.45, 2.75) is 57.2 Å². The molecule has 3 heterocycles. The van der Waals surface area contributed by atoms with Crippen molar-refractivity contribution in [1.29, 1.82) is 0 Å². The number of hydrogen-bond donors (Lipinski definition) is 1. The van der Waals surface area contributed by atoms with Crippen LogP contribution in [0.1, 0.15) is 49.5 Å². The van der Waals surface area contributed by atoms with Crippen LogP contribution in [0.15, 0.2) is 30.3 Å². The molecule has 32 heavy (non-hydrogen) atoms. The molecule has 2 amide bonds. The van der Waals surface area contributed by atoms with Gasteiger partial charge in [0.1, 0.15) is 11.2 Å².